The molecule has 6 heteroatoms. The molecule has 2 atom stereocenters. The maximum absolute atomic E-state index is 13.2. The third-order valence-corrected chi connectivity index (χ3v) is 2.59. The van der Waals surface area contributed by atoms with Crippen LogP contribution in [0.2, 0.25) is 5.02 Å². The van der Waals surface area contributed by atoms with Crippen LogP contribution < -0.4 is 0 Å². The highest BCUT2D eigenvalue weighted by Crippen LogP contribution is 2.23. The van der Waals surface area contributed by atoms with E-state index in [4.69, 9.17) is 11.6 Å². The quantitative estimate of drug-likeness (QED) is 0.661. The standard InChI is InChI=1S/C9H10BrClFNO2/c10-2-1-7(14)8(15)6-3-5(11)4-13-9(6)12/h3-4,7-8,14-15H,1-2H2. The van der Waals surface area contributed by atoms with Crippen molar-refractivity contribution in [3.8, 4) is 0 Å². The van der Waals surface area contributed by atoms with Gasteiger partial charge < -0.3 is 10.2 Å². The van der Waals surface area contributed by atoms with Crippen molar-refractivity contribution in [1.82, 2.24) is 4.98 Å². The minimum Gasteiger partial charge on any atom is -0.390 e. The minimum absolute atomic E-state index is 0.0871. The molecule has 0 bridgehead atoms. The Morgan fingerprint density at radius 1 is 1.53 bits per heavy atom. The summed E-state index contributed by atoms with van der Waals surface area (Å²) in [7, 11) is 0. The van der Waals surface area contributed by atoms with E-state index in [1.807, 2.05) is 0 Å². The minimum atomic E-state index is -1.31. The number of rotatable bonds is 4. The summed E-state index contributed by atoms with van der Waals surface area (Å²) in [5.41, 5.74) is -0.0871. The van der Waals surface area contributed by atoms with Crippen LogP contribution in [-0.4, -0.2) is 26.6 Å². The molecular formula is C9H10BrClFNO2. The van der Waals surface area contributed by atoms with E-state index in [0.717, 1.165) is 6.20 Å². The lowest BCUT2D eigenvalue weighted by molar-refractivity contribution is 0.0148. The van der Waals surface area contributed by atoms with E-state index in [2.05, 4.69) is 20.9 Å². The fourth-order valence-corrected chi connectivity index (χ4v) is 1.76. The molecular weight excluding hydrogens is 288 g/mol. The zero-order valence-electron chi connectivity index (χ0n) is 7.70. The monoisotopic (exact) mass is 297 g/mol. The van der Waals surface area contributed by atoms with Crippen LogP contribution in [0, 0.1) is 5.95 Å². The lowest BCUT2D eigenvalue weighted by Gasteiger charge is -2.17. The first-order chi connectivity index (χ1) is 7.06. The lowest BCUT2D eigenvalue weighted by Crippen LogP contribution is -2.20. The summed E-state index contributed by atoms with van der Waals surface area (Å²) in [6, 6.07) is 1.26. The molecule has 0 aromatic carbocycles. The Bertz CT molecular complexity index is 340. The Morgan fingerprint density at radius 2 is 2.20 bits per heavy atom. The molecule has 2 N–H and O–H groups in total. The number of aromatic nitrogens is 1. The van der Waals surface area contributed by atoms with Crippen molar-refractivity contribution in [3.05, 3.63) is 28.8 Å². The molecule has 15 heavy (non-hydrogen) atoms. The van der Waals surface area contributed by atoms with Gasteiger partial charge in [-0.05, 0) is 12.5 Å². The number of aliphatic hydroxyl groups excluding tert-OH is 2. The molecule has 0 saturated heterocycles. The Balaban J connectivity index is 2.89. The van der Waals surface area contributed by atoms with Crippen LogP contribution in [0.25, 0.3) is 0 Å². The molecule has 0 aliphatic rings. The van der Waals surface area contributed by atoms with Crippen molar-refractivity contribution < 1.29 is 14.6 Å². The summed E-state index contributed by atoms with van der Waals surface area (Å²) >= 11 is 8.73. The smallest absolute Gasteiger partial charge is 0.218 e. The van der Waals surface area contributed by atoms with Crippen molar-refractivity contribution in [3.63, 3.8) is 0 Å². The maximum atomic E-state index is 13.2. The van der Waals surface area contributed by atoms with E-state index in [1.54, 1.807) is 0 Å². The average molecular weight is 299 g/mol. The fourth-order valence-electron chi connectivity index (χ4n) is 1.12. The van der Waals surface area contributed by atoms with Gasteiger partial charge in [-0.3, -0.25) is 0 Å². The van der Waals surface area contributed by atoms with Crippen molar-refractivity contribution in [2.45, 2.75) is 18.6 Å². The molecule has 0 saturated carbocycles. The van der Waals surface area contributed by atoms with Crippen LogP contribution in [-0.2, 0) is 0 Å². The van der Waals surface area contributed by atoms with E-state index >= 15 is 0 Å². The number of pyridine rings is 1. The average Bonchev–Trinajstić information content (AvgIpc) is 2.21. The van der Waals surface area contributed by atoms with Crippen molar-refractivity contribution >= 4 is 27.5 Å². The predicted octanol–water partition coefficient (Wildman–Crippen LogP) is 2.05. The third kappa shape index (κ3) is 3.38. The Kier molecular flexibility index (Phi) is 4.92. The van der Waals surface area contributed by atoms with Gasteiger partial charge in [0.15, 0.2) is 0 Å². The second kappa shape index (κ2) is 5.75. The van der Waals surface area contributed by atoms with Gasteiger partial charge in [0.2, 0.25) is 5.95 Å². The predicted molar refractivity (Wildman–Crippen MR) is 58.6 cm³/mol. The van der Waals surface area contributed by atoms with Gasteiger partial charge >= 0.3 is 0 Å². The topological polar surface area (TPSA) is 53.4 Å². The number of aliphatic hydroxyl groups is 2. The first-order valence-electron chi connectivity index (χ1n) is 4.29. The zero-order chi connectivity index (χ0) is 11.4. The van der Waals surface area contributed by atoms with Crippen molar-refractivity contribution in [2.24, 2.45) is 0 Å². The summed E-state index contributed by atoms with van der Waals surface area (Å²) in [4.78, 5) is 3.36. The van der Waals surface area contributed by atoms with Gasteiger partial charge in [-0.1, -0.05) is 27.5 Å². The Hall–Kier alpha value is -0.230. The van der Waals surface area contributed by atoms with E-state index in [-0.39, 0.29) is 10.6 Å². The summed E-state index contributed by atoms with van der Waals surface area (Å²) in [5.74, 6) is -0.819. The van der Waals surface area contributed by atoms with Crippen molar-refractivity contribution in [2.75, 3.05) is 5.33 Å². The van der Waals surface area contributed by atoms with Gasteiger partial charge in [0.1, 0.15) is 6.10 Å². The van der Waals surface area contributed by atoms with Gasteiger partial charge in [-0.25, -0.2) is 4.98 Å². The Labute approximate surface area is 100 Å². The molecule has 1 rings (SSSR count). The van der Waals surface area contributed by atoms with Crippen LogP contribution in [0.1, 0.15) is 18.1 Å². The zero-order valence-corrected chi connectivity index (χ0v) is 10.0. The molecule has 84 valence electrons. The van der Waals surface area contributed by atoms with Crippen LogP contribution in [0.5, 0.6) is 0 Å². The second-order valence-electron chi connectivity index (χ2n) is 3.02. The Morgan fingerprint density at radius 3 is 2.80 bits per heavy atom. The molecule has 0 aliphatic heterocycles. The molecule has 3 nitrogen and oxygen atoms in total. The highest BCUT2D eigenvalue weighted by Gasteiger charge is 2.21. The molecule has 1 aromatic rings. The summed E-state index contributed by atoms with van der Waals surface area (Å²) in [6.45, 7) is 0. The number of halogens is 3. The van der Waals surface area contributed by atoms with Crippen LogP contribution >= 0.6 is 27.5 Å². The number of hydrogen-bond acceptors (Lipinski definition) is 3. The summed E-state index contributed by atoms with van der Waals surface area (Å²) < 4.78 is 13.2. The lowest BCUT2D eigenvalue weighted by atomic mass is 10.0. The van der Waals surface area contributed by atoms with Gasteiger partial charge in [-0.2, -0.15) is 4.39 Å². The molecule has 0 radical (unpaired) electrons. The second-order valence-corrected chi connectivity index (χ2v) is 4.25. The molecule has 0 aliphatic carbocycles. The maximum Gasteiger partial charge on any atom is 0.218 e. The van der Waals surface area contributed by atoms with Gasteiger partial charge in [0.05, 0.1) is 11.1 Å². The molecule has 2 unspecified atom stereocenters. The van der Waals surface area contributed by atoms with Crippen molar-refractivity contribution in [1.29, 1.82) is 0 Å². The third-order valence-electron chi connectivity index (χ3n) is 1.92. The number of hydrogen-bond donors (Lipinski definition) is 2. The van der Waals surface area contributed by atoms with Gasteiger partial charge in [0, 0.05) is 17.1 Å². The van der Waals surface area contributed by atoms with Crippen LogP contribution in [0.3, 0.4) is 0 Å². The molecule has 1 aromatic heterocycles. The van der Waals surface area contributed by atoms with Crippen LogP contribution in [0.15, 0.2) is 12.3 Å². The molecule has 0 spiro atoms. The molecule has 0 fully saturated rings. The highest BCUT2D eigenvalue weighted by molar-refractivity contribution is 9.09. The van der Waals surface area contributed by atoms with E-state index in [1.165, 1.54) is 6.07 Å². The van der Waals surface area contributed by atoms with E-state index < -0.39 is 18.2 Å². The molecule has 0 amide bonds. The molecule has 1 heterocycles. The number of nitrogens with zero attached hydrogens (tertiary/aromatic N) is 1. The first kappa shape index (κ1) is 12.8. The largest absolute Gasteiger partial charge is 0.390 e. The van der Waals surface area contributed by atoms with E-state index in [9.17, 15) is 14.6 Å². The fraction of sp³-hybridized carbons (Fsp3) is 0.444. The normalized spacial score (nSPS) is 15.0. The SMILES string of the molecule is OC(CCBr)C(O)c1cc(Cl)cnc1F. The van der Waals surface area contributed by atoms with Gasteiger partial charge in [0.25, 0.3) is 0 Å². The summed E-state index contributed by atoms with van der Waals surface area (Å²) in [5, 5.41) is 19.8. The highest BCUT2D eigenvalue weighted by atomic mass is 79.9. The summed E-state index contributed by atoms with van der Waals surface area (Å²) in [6.07, 6.45) is -0.898. The van der Waals surface area contributed by atoms with E-state index in [0.29, 0.717) is 11.8 Å². The number of alkyl halides is 1. The van der Waals surface area contributed by atoms with Gasteiger partial charge in [-0.15, -0.1) is 0 Å². The van der Waals surface area contributed by atoms with Crippen LogP contribution in [0.4, 0.5) is 4.39 Å². The first-order valence-corrected chi connectivity index (χ1v) is 5.79.